The van der Waals surface area contributed by atoms with Crippen molar-refractivity contribution in [3.8, 4) is 11.5 Å². The van der Waals surface area contributed by atoms with Crippen molar-refractivity contribution in [3.05, 3.63) is 23.8 Å². The summed E-state index contributed by atoms with van der Waals surface area (Å²) < 4.78 is 11.1. The van der Waals surface area contributed by atoms with Gasteiger partial charge in [-0.2, -0.15) is 0 Å². The number of hydrogen-bond acceptors (Lipinski definition) is 4. The number of rotatable bonds is 2. The maximum absolute atomic E-state index is 12.7. The second-order valence-electron chi connectivity index (χ2n) is 7.43. The minimum atomic E-state index is 0.0226. The Bertz CT molecular complexity index is 617. The topological polar surface area (TPSA) is 50.8 Å². The molecule has 1 amide bonds. The number of carbonyl (C=O) groups is 1. The average molecular weight is 314 g/mol. The maximum Gasteiger partial charge on any atom is 0.251 e. The molecule has 23 heavy (non-hydrogen) atoms. The van der Waals surface area contributed by atoms with Gasteiger partial charge in [0.25, 0.3) is 5.91 Å². The average Bonchev–Trinajstić information content (AvgIpc) is 2.57. The third kappa shape index (κ3) is 2.29. The van der Waals surface area contributed by atoms with Crippen LogP contribution in [0.25, 0.3) is 0 Å². The highest BCUT2D eigenvalue weighted by molar-refractivity contribution is 5.95. The second-order valence-corrected chi connectivity index (χ2v) is 7.43. The molecule has 5 aliphatic rings. The molecule has 3 saturated heterocycles. The summed E-state index contributed by atoms with van der Waals surface area (Å²) in [6, 6.07) is 5.82. The summed E-state index contributed by atoms with van der Waals surface area (Å²) in [7, 11) is 0. The predicted octanol–water partition coefficient (Wildman–Crippen LogP) is 1.53. The Morgan fingerprint density at radius 2 is 1.78 bits per heavy atom. The van der Waals surface area contributed by atoms with Crippen LogP contribution in [0.15, 0.2) is 18.2 Å². The lowest BCUT2D eigenvalue weighted by molar-refractivity contribution is -0.0418. The molecule has 6 rings (SSSR count). The van der Waals surface area contributed by atoms with Crippen molar-refractivity contribution in [2.24, 2.45) is 17.8 Å². The first kappa shape index (κ1) is 13.7. The van der Waals surface area contributed by atoms with Gasteiger partial charge in [0.2, 0.25) is 0 Å². The largest absolute Gasteiger partial charge is 0.486 e. The molecule has 0 radical (unpaired) electrons. The number of nitrogens with zero attached hydrogens (tertiary/aromatic N) is 1. The van der Waals surface area contributed by atoms with Gasteiger partial charge < -0.3 is 19.7 Å². The fourth-order valence-corrected chi connectivity index (χ4v) is 5.06. The number of amides is 1. The van der Waals surface area contributed by atoms with E-state index >= 15 is 0 Å². The van der Waals surface area contributed by atoms with E-state index in [1.807, 2.05) is 18.2 Å². The number of carbonyl (C=O) groups excluding carboxylic acids is 1. The number of benzene rings is 1. The summed E-state index contributed by atoms with van der Waals surface area (Å²) in [4.78, 5) is 15.3. The van der Waals surface area contributed by atoms with Gasteiger partial charge in [-0.1, -0.05) is 0 Å². The summed E-state index contributed by atoms with van der Waals surface area (Å²) in [5.41, 5.74) is 0.670. The van der Waals surface area contributed by atoms with Crippen LogP contribution < -0.4 is 14.8 Å². The van der Waals surface area contributed by atoms with Gasteiger partial charge in [-0.25, -0.2) is 0 Å². The highest BCUT2D eigenvalue weighted by atomic mass is 16.6. The Kier molecular flexibility index (Phi) is 3.05. The molecule has 122 valence electrons. The fourth-order valence-electron chi connectivity index (χ4n) is 5.06. The molecule has 0 aromatic heterocycles. The van der Waals surface area contributed by atoms with E-state index < -0.39 is 0 Å². The highest BCUT2D eigenvalue weighted by Crippen LogP contribution is 2.43. The van der Waals surface area contributed by atoms with Crippen LogP contribution in [-0.4, -0.2) is 49.7 Å². The van der Waals surface area contributed by atoms with Crippen LogP contribution in [0.5, 0.6) is 11.5 Å². The van der Waals surface area contributed by atoms with Gasteiger partial charge in [0.05, 0.1) is 0 Å². The van der Waals surface area contributed by atoms with E-state index in [4.69, 9.17) is 9.47 Å². The Morgan fingerprint density at radius 3 is 2.52 bits per heavy atom. The van der Waals surface area contributed by atoms with Gasteiger partial charge in [-0.15, -0.1) is 0 Å². The van der Waals surface area contributed by atoms with Crippen LogP contribution in [-0.2, 0) is 0 Å². The number of piperidine rings is 3. The number of hydrogen-bond donors (Lipinski definition) is 1. The number of nitrogens with one attached hydrogen (secondary N) is 1. The molecule has 2 unspecified atom stereocenters. The quantitative estimate of drug-likeness (QED) is 0.899. The van der Waals surface area contributed by atoms with E-state index in [0.29, 0.717) is 42.4 Å². The minimum absolute atomic E-state index is 0.0226. The first-order valence-electron chi connectivity index (χ1n) is 8.69. The molecule has 4 fully saturated rings. The molecular weight excluding hydrogens is 292 g/mol. The van der Waals surface area contributed by atoms with Crippen molar-refractivity contribution >= 4 is 5.91 Å². The lowest BCUT2D eigenvalue weighted by Gasteiger charge is -2.55. The van der Waals surface area contributed by atoms with Crippen LogP contribution in [0.3, 0.4) is 0 Å². The van der Waals surface area contributed by atoms with Gasteiger partial charge >= 0.3 is 0 Å². The Balaban J connectivity index is 1.33. The molecule has 1 saturated carbocycles. The molecule has 4 aliphatic heterocycles. The van der Waals surface area contributed by atoms with E-state index in [9.17, 15) is 4.79 Å². The molecule has 1 aromatic carbocycles. The number of fused-ring (bicyclic) bond motifs is 1. The van der Waals surface area contributed by atoms with Crippen LogP contribution in [0, 0.1) is 17.8 Å². The fraction of sp³-hybridized carbons (Fsp3) is 0.611. The van der Waals surface area contributed by atoms with Crippen molar-refractivity contribution in [3.63, 3.8) is 0 Å². The van der Waals surface area contributed by atoms with Crippen LogP contribution >= 0.6 is 0 Å². The predicted molar refractivity (Wildman–Crippen MR) is 84.8 cm³/mol. The van der Waals surface area contributed by atoms with Gasteiger partial charge in [-0.3, -0.25) is 4.79 Å². The molecular formula is C18H22N2O3. The normalized spacial score (nSPS) is 36.8. The molecule has 1 N–H and O–H groups in total. The van der Waals surface area contributed by atoms with Gasteiger partial charge in [-0.05, 0) is 48.8 Å². The molecule has 0 spiro atoms. The summed E-state index contributed by atoms with van der Waals surface area (Å²) in [6.07, 6.45) is 2.55. The van der Waals surface area contributed by atoms with E-state index in [2.05, 4.69) is 10.2 Å². The van der Waals surface area contributed by atoms with Crippen LogP contribution in [0.1, 0.15) is 23.2 Å². The van der Waals surface area contributed by atoms with Crippen molar-refractivity contribution in [2.45, 2.75) is 18.9 Å². The van der Waals surface area contributed by atoms with E-state index in [-0.39, 0.29) is 5.91 Å². The zero-order chi connectivity index (χ0) is 15.4. The Labute approximate surface area is 135 Å². The molecule has 1 aromatic rings. The smallest absolute Gasteiger partial charge is 0.251 e. The molecule has 5 heteroatoms. The SMILES string of the molecule is O=C(NC1C2CC3CC1CN(C3)C2)c1ccc2c(c1)OCCO2. The van der Waals surface area contributed by atoms with Gasteiger partial charge in [0, 0.05) is 31.2 Å². The first-order valence-corrected chi connectivity index (χ1v) is 8.69. The summed E-state index contributed by atoms with van der Waals surface area (Å²) in [5, 5.41) is 3.32. The molecule has 2 atom stereocenters. The third-order valence-electron chi connectivity index (χ3n) is 5.89. The van der Waals surface area contributed by atoms with Crippen LogP contribution in [0.2, 0.25) is 0 Å². The van der Waals surface area contributed by atoms with E-state index in [1.54, 1.807) is 0 Å². The lowest BCUT2D eigenvalue weighted by atomic mass is 9.65. The van der Waals surface area contributed by atoms with Crippen molar-refractivity contribution in [1.82, 2.24) is 10.2 Å². The Hall–Kier alpha value is -1.75. The standard InChI is InChI=1S/C18H22N2O3/c21-18(12-1-2-15-16(7-12)23-4-3-22-15)19-17-13-5-11-6-14(17)10-20(8-11)9-13/h1-2,7,11,13-14,17H,3-6,8-10H2,(H,19,21). The minimum Gasteiger partial charge on any atom is -0.486 e. The molecule has 4 bridgehead atoms. The summed E-state index contributed by atoms with van der Waals surface area (Å²) in [5.74, 6) is 3.55. The third-order valence-corrected chi connectivity index (χ3v) is 5.89. The number of ether oxygens (including phenoxy) is 2. The van der Waals surface area contributed by atoms with Crippen molar-refractivity contribution in [1.29, 1.82) is 0 Å². The Morgan fingerprint density at radius 1 is 1.04 bits per heavy atom. The summed E-state index contributed by atoms with van der Waals surface area (Å²) in [6.45, 7) is 4.69. The van der Waals surface area contributed by atoms with E-state index in [0.717, 1.165) is 24.8 Å². The van der Waals surface area contributed by atoms with Crippen molar-refractivity contribution < 1.29 is 14.3 Å². The maximum atomic E-state index is 12.7. The molecule has 5 nitrogen and oxygen atoms in total. The van der Waals surface area contributed by atoms with Gasteiger partial charge in [0.1, 0.15) is 13.2 Å². The van der Waals surface area contributed by atoms with Gasteiger partial charge in [0.15, 0.2) is 11.5 Å². The zero-order valence-electron chi connectivity index (χ0n) is 13.2. The summed E-state index contributed by atoms with van der Waals surface area (Å²) >= 11 is 0. The zero-order valence-corrected chi connectivity index (χ0v) is 13.2. The van der Waals surface area contributed by atoms with Crippen molar-refractivity contribution in [2.75, 3.05) is 32.8 Å². The molecule has 1 aliphatic carbocycles. The highest BCUT2D eigenvalue weighted by Gasteiger charge is 2.47. The van der Waals surface area contributed by atoms with E-state index in [1.165, 1.54) is 19.4 Å². The lowest BCUT2D eigenvalue weighted by Crippen LogP contribution is -2.64. The molecule has 4 heterocycles. The second kappa shape index (κ2) is 5.13. The monoisotopic (exact) mass is 314 g/mol. The first-order chi connectivity index (χ1) is 11.3. The van der Waals surface area contributed by atoms with Crippen LogP contribution in [0.4, 0.5) is 0 Å².